The predicted molar refractivity (Wildman–Crippen MR) is 113 cm³/mol. The maximum absolute atomic E-state index is 12.8. The third-order valence-electron chi connectivity index (χ3n) is 3.94. The average molecular weight is 412 g/mol. The highest BCUT2D eigenvalue weighted by Crippen LogP contribution is 2.24. The molecule has 3 aromatic rings. The van der Waals surface area contributed by atoms with Gasteiger partial charge in [-0.25, -0.2) is 4.79 Å². The van der Waals surface area contributed by atoms with Crippen molar-refractivity contribution in [3.8, 4) is 0 Å². The van der Waals surface area contributed by atoms with Crippen LogP contribution in [0.5, 0.6) is 0 Å². The number of carbonyl (C=O) groups is 2. The molecule has 3 rings (SSSR count). The third kappa shape index (κ3) is 5.31. The van der Waals surface area contributed by atoms with Crippen molar-refractivity contribution < 1.29 is 14.3 Å². The molecule has 1 atom stereocenters. The van der Waals surface area contributed by atoms with Gasteiger partial charge in [0.15, 0.2) is 0 Å². The Balaban J connectivity index is 1.77. The van der Waals surface area contributed by atoms with Crippen LogP contribution in [0.1, 0.15) is 22.1 Å². The zero-order chi connectivity index (χ0) is 19.9. The van der Waals surface area contributed by atoms with E-state index in [-0.39, 0.29) is 0 Å². The van der Waals surface area contributed by atoms with Gasteiger partial charge < -0.3 is 10.1 Å². The Morgan fingerprint density at radius 2 is 1.89 bits per heavy atom. The van der Waals surface area contributed by atoms with E-state index >= 15 is 0 Å². The van der Waals surface area contributed by atoms with Crippen LogP contribution in [0.2, 0.25) is 5.02 Å². The summed E-state index contributed by atoms with van der Waals surface area (Å²) in [5.41, 5.74) is 2.02. The maximum Gasteiger partial charge on any atom is 0.331 e. The van der Waals surface area contributed by atoms with Crippen LogP contribution in [0.15, 0.2) is 72.1 Å². The van der Waals surface area contributed by atoms with Crippen LogP contribution in [0.4, 0.5) is 5.69 Å². The van der Waals surface area contributed by atoms with E-state index in [1.54, 1.807) is 42.5 Å². The largest absolute Gasteiger partial charge is 0.444 e. The second-order valence-corrected chi connectivity index (χ2v) is 7.42. The topological polar surface area (TPSA) is 55.4 Å². The van der Waals surface area contributed by atoms with Crippen molar-refractivity contribution in [3.63, 3.8) is 0 Å². The zero-order valence-electron chi connectivity index (χ0n) is 15.1. The van der Waals surface area contributed by atoms with E-state index in [0.717, 1.165) is 10.4 Å². The summed E-state index contributed by atoms with van der Waals surface area (Å²) in [6.45, 7) is 1.88. The Morgan fingerprint density at radius 1 is 1.11 bits per heavy atom. The van der Waals surface area contributed by atoms with Crippen LogP contribution in [0, 0.1) is 6.92 Å². The Hall–Kier alpha value is -2.89. The fraction of sp³-hybridized carbons (Fsp3) is 0.0909. The summed E-state index contributed by atoms with van der Waals surface area (Å²) < 4.78 is 5.46. The van der Waals surface area contributed by atoms with Crippen LogP contribution in [0.25, 0.3) is 6.08 Å². The van der Waals surface area contributed by atoms with Crippen LogP contribution in [-0.4, -0.2) is 11.9 Å². The van der Waals surface area contributed by atoms with Gasteiger partial charge in [-0.2, -0.15) is 0 Å². The van der Waals surface area contributed by atoms with Crippen molar-refractivity contribution in [2.24, 2.45) is 0 Å². The van der Waals surface area contributed by atoms with Gasteiger partial charge in [0.2, 0.25) is 6.10 Å². The number of benzene rings is 2. The number of hydrogen-bond donors (Lipinski definition) is 1. The summed E-state index contributed by atoms with van der Waals surface area (Å²) in [4.78, 5) is 26.0. The van der Waals surface area contributed by atoms with Gasteiger partial charge in [0, 0.05) is 27.2 Å². The van der Waals surface area contributed by atoms with E-state index < -0.39 is 18.0 Å². The number of anilines is 1. The lowest BCUT2D eigenvalue weighted by Gasteiger charge is -2.17. The van der Waals surface area contributed by atoms with E-state index in [1.807, 2.05) is 36.6 Å². The molecule has 0 radical (unpaired) electrons. The molecule has 142 valence electrons. The minimum Gasteiger partial charge on any atom is -0.444 e. The Labute approximate surface area is 172 Å². The molecular weight excluding hydrogens is 394 g/mol. The van der Waals surface area contributed by atoms with Gasteiger partial charge in [-0.05, 0) is 42.1 Å². The standard InChI is InChI=1S/C22H18ClNO3S/c1-15-9-10-17(14-19(15)23)24-22(26)21(16-6-3-2-4-7-16)27-20(25)12-11-18-8-5-13-28-18/h2-14,21H,1H3,(H,24,26)/b12-11+. The van der Waals surface area contributed by atoms with Crippen molar-refractivity contribution in [1.82, 2.24) is 0 Å². The molecule has 0 aliphatic carbocycles. The van der Waals surface area contributed by atoms with Crippen molar-refractivity contribution >= 4 is 46.6 Å². The smallest absolute Gasteiger partial charge is 0.331 e. The normalized spacial score (nSPS) is 11.9. The molecule has 1 heterocycles. The first-order chi connectivity index (χ1) is 13.5. The minimum absolute atomic E-state index is 0.455. The first-order valence-corrected chi connectivity index (χ1v) is 9.83. The molecule has 1 aromatic heterocycles. The summed E-state index contributed by atoms with van der Waals surface area (Å²) in [6.07, 6.45) is 1.89. The van der Waals surface area contributed by atoms with E-state index in [2.05, 4.69) is 5.32 Å². The summed E-state index contributed by atoms with van der Waals surface area (Å²) >= 11 is 7.63. The lowest BCUT2D eigenvalue weighted by atomic mass is 10.1. The van der Waals surface area contributed by atoms with Crippen molar-refractivity contribution in [3.05, 3.63) is 93.1 Å². The number of halogens is 1. The second kappa shape index (κ2) is 9.35. The highest BCUT2D eigenvalue weighted by Gasteiger charge is 2.24. The number of carbonyl (C=O) groups excluding carboxylic acids is 2. The highest BCUT2D eigenvalue weighted by molar-refractivity contribution is 7.10. The predicted octanol–water partition coefficient (Wildman–Crippen LogP) is 5.65. The molecular formula is C22H18ClNO3S. The molecule has 0 aliphatic rings. The highest BCUT2D eigenvalue weighted by atomic mass is 35.5. The number of hydrogen-bond acceptors (Lipinski definition) is 4. The van der Waals surface area contributed by atoms with Crippen LogP contribution in [0.3, 0.4) is 0 Å². The fourth-order valence-corrected chi connectivity index (χ4v) is 3.27. The molecule has 0 aliphatic heterocycles. The molecule has 0 fully saturated rings. The first-order valence-electron chi connectivity index (χ1n) is 8.57. The van der Waals surface area contributed by atoms with E-state index in [9.17, 15) is 9.59 Å². The van der Waals surface area contributed by atoms with Gasteiger partial charge in [-0.3, -0.25) is 4.79 Å². The fourth-order valence-electron chi connectivity index (χ4n) is 2.47. The van der Waals surface area contributed by atoms with Gasteiger partial charge in [0.1, 0.15) is 0 Å². The molecule has 6 heteroatoms. The summed E-state index contributed by atoms with van der Waals surface area (Å²) in [5, 5.41) is 5.22. The Kier molecular flexibility index (Phi) is 6.63. The molecule has 28 heavy (non-hydrogen) atoms. The van der Waals surface area contributed by atoms with Gasteiger partial charge in [0.05, 0.1) is 0 Å². The maximum atomic E-state index is 12.8. The van der Waals surface area contributed by atoms with Crippen molar-refractivity contribution in [1.29, 1.82) is 0 Å². The molecule has 0 saturated carbocycles. The Bertz CT molecular complexity index is 984. The number of esters is 1. The van der Waals surface area contributed by atoms with Crippen molar-refractivity contribution in [2.75, 3.05) is 5.32 Å². The molecule has 2 aromatic carbocycles. The van der Waals surface area contributed by atoms with E-state index in [0.29, 0.717) is 16.3 Å². The van der Waals surface area contributed by atoms with Gasteiger partial charge in [-0.1, -0.05) is 54.1 Å². The summed E-state index contributed by atoms with van der Waals surface area (Å²) in [7, 11) is 0. The molecule has 0 saturated heterocycles. The number of amides is 1. The van der Waals surface area contributed by atoms with E-state index in [4.69, 9.17) is 16.3 Å². The molecule has 1 amide bonds. The lowest BCUT2D eigenvalue weighted by molar-refractivity contribution is -0.149. The molecule has 4 nitrogen and oxygen atoms in total. The monoisotopic (exact) mass is 411 g/mol. The van der Waals surface area contributed by atoms with E-state index in [1.165, 1.54) is 17.4 Å². The SMILES string of the molecule is Cc1ccc(NC(=O)C(OC(=O)/C=C/c2cccs2)c2ccccc2)cc1Cl. The van der Waals surface area contributed by atoms with Gasteiger partial charge in [-0.15, -0.1) is 11.3 Å². The molecule has 0 spiro atoms. The van der Waals surface area contributed by atoms with Crippen LogP contribution >= 0.6 is 22.9 Å². The zero-order valence-corrected chi connectivity index (χ0v) is 16.7. The quantitative estimate of drug-likeness (QED) is 0.421. The summed E-state index contributed by atoms with van der Waals surface area (Å²) in [5.74, 6) is -1.05. The Morgan fingerprint density at radius 3 is 2.57 bits per heavy atom. The molecule has 0 bridgehead atoms. The number of rotatable bonds is 6. The average Bonchev–Trinajstić information content (AvgIpc) is 3.21. The van der Waals surface area contributed by atoms with Crippen LogP contribution in [-0.2, 0) is 14.3 Å². The lowest BCUT2D eigenvalue weighted by Crippen LogP contribution is -2.25. The number of thiophene rings is 1. The number of aryl methyl sites for hydroxylation is 1. The van der Waals surface area contributed by atoms with Crippen LogP contribution < -0.4 is 5.32 Å². The molecule has 1 unspecified atom stereocenters. The first kappa shape index (κ1) is 19.9. The number of ether oxygens (including phenoxy) is 1. The van der Waals surface area contributed by atoms with Gasteiger partial charge in [0.25, 0.3) is 5.91 Å². The van der Waals surface area contributed by atoms with Crippen molar-refractivity contribution in [2.45, 2.75) is 13.0 Å². The van der Waals surface area contributed by atoms with Gasteiger partial charge >= 0.3 is 5.97 Å². The molecule has 1 N–H and O–H groups in total. The second-order valence-electron chi connectivity index (χ2n) is 6.03. The number of nitrogens with one attached hydrogen (secondary N) is 1. The third-order valence-corrected chi connectivity index (χ3v) is 5.19. The minimum atomic E-state index is -1.08. The summed E-state index contributed by atoms with van der Waals surface area (Å²) in [6, 6.07) is 17.9.